The van der Waals surface area contributed by atoms with E-state index in [2.05, 4.69) is 80.5 Å². The van der Waals surface area contributed by atoms with Crippen LogP contribution < -0.4 is 10.2 Å². The Bertz CT molecular complexity index is 723. The van der Waals surface area contributed by atoms with Crippen LogP contribution in [-0.4, -0.2) is 80.7 Å². The maximum absolute atomic E-state index is 4.53. The van der Waals surface area contributed by atoms with Crippen molar-refractivity contribution in [1.82, 2.24) is 20.1 Å². The quantitative estimate of drug-likeness (QED) is 0.613. The average molecular weight is 381 g/mol. The maximum Gasteiger partial charge on any atom is 0.193 e. The molecule has 1 fully saturated rings. The highest BCUT2D eigenvalue weighted by Gasteiger charge is 2.21. The van der Waals surface area contributed by atoms with E-state index in [1.165, 1.54) is 5.56 Å². The van der Waals surface area contributed by atoms with Crippen LogP contribution in [0.15, 0.2) is 59.7 Å². The number of aliphatic imine (C=N–C) groups is 1. The molecule has 0 amide bonds. The molecule has 150 valence electrons. The fourth-order valence-electron chi connectivity index (χ4n) is 3.55. The minimum absolute atomic E-state index is 0.411. The second kappa shape index (κ2) is 10.1. The highest BCUT2D eigenvalue weighted by Crippen LogP contribution is 2.13. The molecule has 1 atom stereocenters. The monoisotopic (exact) mass is 380 g/mol. The fourth-order valence-corrected chi connectivity index (χ4v) is 3.55. The molecule has 1 aromatic heterocycles. The van der Waals surface area contributed by atoms with Crippen molar-refractivity contribution in [2.45, 2.75) is 12.5 Å². The average Bonchev–Trinajstić information content (AvgIpc) is 2.75. The minimum atomic E-state index is 0.411. The number of anilines is 1. The summed E-state index contributed by atoms with van der Waals surface area (Å²) in [5, 5.41) is 3.60. The van der Waals surface area contributed by atoms with E-state index in [9.17, 15) is 0 Å². The van der Waals surface area contributed by atoms with Crippen molar-refractivity contribution in [3.05, 3.63) is 60.3 Å². The first-order chi connectivity index (χ1) is 13.7. The van der Waals surface area contributed by atoms with Crippen molar-refractivity contribution < 1.29 is 0 Å². The lowest BCUT2D eigenvalue weighted by Gasteiger charge is -2.37. The van der Waals surface area contributed by atoms with Crippen molar-refractivity contribution >= 4 is 11.8 Å². The number of piperazine rings is 1. The Morgan fingerprint density at radius 2 is 1.79 bits per heavy atom. The third-order valence-corrected chi connectivity index (χ3v) is 5.30. The molecule has 6 heteroatoms. The van der Waals surface area contributed by atoms with E-state index in [0.717, 1.165) is 50.9 Å². The molecule has 1 unspecified atom stereocenters. The molecule has 0 aliphatic carbocycles. The maximum atomic E-state index is 4.53. The van der Waals surface area contributed by atoms with Gasteiger partial charge in [-0.2, -0.15) is 0 Å². The van der Waals surface area contributed by atoms with Gasteiger partial charge >= 0.3 is 0 Å². The lowest BCUT2D eigenvalue weighted by Crippen LogP contribution is -2.54. The number of likely N-dealkylation sites (N-methyl/N-ethyl adjacent to an activating group) is 1. The predicted octanol–water partition coefficient (Wildman–Crippen LogP) is 1.95. The SMILES string of the molecule is CN=C(NCC(Cc1ccccc1)N(C)C)N1CCN(c2ccccn2)CC1. The van der Waals surface area contributed by atoms with Gasteiger partial charge in [-0.3, -0.25) is 4.99 Å². The Balaban J connectivity index is 1.52. The Morgan fingerprint density at radius 1 is 1.07 bits per heavy atom. The van der Waals surface area contributed by atoms with Crippen LogP contribution in [0.4, 0.5) is 5.82 Å². The number of aromatic nitrogens is 1. The third-order valence-electron chi connectivity index (χ3n) is 5.30. The second-order valence-electron chi connectivity index (χ2n) is 7.40. The van der Waals surface area contributed by atoms with Gasteiger partial charge in [-0.25, -0.2) is 4.98 Å². The molecular formula is C22H32N6. The first-order valence-electron chi connectivity index (χ1n) is 9.99. The molecule has 28 heavy (non-hydrogen) atoms. The zero-order chi connectivity index (χ0) is 19.8. The van der Waals surface area contributed by atoms with Crippen molar-refractivity contribution in [3.8, 4) is 0 Å². The summed E-state index contributed by atoms with van der Waals surface area (Å²) >= 11 is 0. The molecule has 1 aliphatic heterocycles. The first kappa shape index (κ1) is 20.1. The lowest BCUT2D eigenvalue weighted by atomic mass is 10.1. The molecule has 6 nitrogen and oxygen atoms in total. The number of rotatable bonds is 6. The molecule has 0 bridgehead atoms. The predicted molar refractivity (Wildman–Crippen MR) is 117 cm³/mol. The minimum Gasteiger partial charge on any atom is -0.355 e. The summed E-state index contributed by atoms with van der Waals surface area (Å²) in [5.74, 6) is 2.04. The first-order valence-corrected chi connectivity index (χ1v) is 9.99. The van der Waals surface area contributed by atoms with Crippen LogP contribution in [0.3, 0.4) is 0 Å². The standard InChI is InChI=1S/C22H32N6/c1-23-22(25-18-20(26(2)3)17-19-9-5-4-6-10-19)28-15-13-27(14-16-28)21-11-7-8-12-24-21/h4-12,20H,13-18H2,1-3H3,(H,23,25). The molecule has 1 saturated heterocycles. The second-order valence-corrected chi connectivity index (χ2v) is 7.40. The van der Waals surface area contributed by atoms with E-state index in [1.807, 2.05) is 25.4 Å². The van der Waals surface area contributed by atoms with Crippen molar-refractivity contribution in [2.24, 2.45) is 4.99 Å². The van der Waals surface area contributed by atoms with Gasteiger partial charge in [0, 0.05) is 52.0 Å². The van der Waals surface area contributed by atoms with Crippen molar-refractivity contribution in [3.63, 3.8) is 0 Å². The Labute approximate surface area is 168 Å². The zero-order valence-electron chi connectivity index (χ0n) is 17.3. The molecular weight excluding hydrogens is 348 g/mol. The molecule has 1 N–H and O–H groups in total. The summed E-state index contributed by atoms with van der Waals surface area (Å²) in [6, 6.07) is 17.2. The molecule has 0 radical (unpaired) electrons. The number of hydrogen-bond donors (Lipinski definition) is 1. The van der Waals surface area contributed by atoms with Gasteiger partial charge in [-0.15, -0.1) is 0 Å². The van der Waals surface area contributed by atoms with Gasteiger partial charge in [0.05, 0.1) is 0 Å². The highest BCUT2D eigenvalue weighted by molar-refractivity contribution is 5.80. The molecule has 0 spiro atoms. The van der Waals surface area contributed by atoms with Crippen LogP contribution in [0.1, 0.15) is 5.56 Å². The summed E-state index contributed by atoms with van der Waals surface area (Å²) in [4.78, 5) is 16.0. The third kappa shape index (κ3) is 5.45. The normalized spacial score (nSPS) is 16.4. The number of guanidine groups is 1. The summed E-state index contributed by atoms with van der Waals surface area (Å²) in [7, 11) is 6.16. The number of benzene rings is 1. The number of pyridine rings is 1. The fraction of sp³-hybridized carbons (Fsp3) is 0.455. The molecule has 1 aromatic carbocycles. The number of hydrogen-bond acceptors (Lipinski definition) is 4. The van der Waals surface area contributed by atoms with Crippen LogP contribution in [-0.2, 0) is 6.42 Å². The van der Waals surface area contributed by atoms with Crippen molar-refractivity contribution in [2.75, 3.05) is 58.8 Å². The largest absolute Gasteiger partial charge is 0.355 e. The van der Waals surface area contributed by atoms with E-state index < -0.39 is 0 Å². The number of nitrogens with one attached hydrogen (secondary N) is 1. The van der Waals surface area contributed by atoms with Gasteiger partial charge in [0.25, 0.3) is 0 Å². The van der Waals surface area contributed by atoms with E-state index in [1.54, 1.807) is 0 Å². The van der Waals surface area contributed by atoms with Gasteiger partial charge in [0.15, 0.2) is 5.96 Å². The molecule has 2 heterocycles. The van der Waals surface area contributed by atoms with Gasteiger partial charge in [-0.1, -0.05) is 36.4 Å². The topological polar surface area (TPSA) is 47.0 Å². The van der Waals surface area contributed by atoms with E-state index >= 15 is 0 Å². The smallest absolute Gasteiger partial charge is 0.193 e. The highest BCUT2D eigenvalue weighted by atomic mass is 15.4. The summed E-state index contributed by atoms with van der Waals surface area (Å²) in [6.45, 7) is 4.68. The lowest BCUT2D eigenvalue weighted by molar-refractivity contribution is 0.285. The molecule has 2 aromatic rings. The summed E-state index contributed by atoms with van der Waals surface area (Å²) < 4.78 is 0. The molecule has 1 aliphatic rings. The Morgan fingerprint density at radius 3 is 2.39 bits per heavy atom. The van der Waals surface area contributed by atoms with Gasteiger partial charge < -0.3 is 20.0 Å². The van der Waals surface area contributed by atoms with Crippen LogP contribution in [0.5, 0.6) is 0 Å². The van der Waals surface area contributed by atoms with Crippen LogP contribution in [0.2, 0.25) is 0 Å². The summed E-state index contributed by atoms with van der Waals surface area (Å²) in [6.07, 6.45) is 2.88. The molecule has 0 saturated carbocycles. The number of nitrogens with zero attached hydrogens (tertiary/aromatic N) is 5. The zero-order valence-corrected chi connectivity index (χ0v) is 17.3. The Hall–Kier alpha value is -2.60. The van der Waals surface area contributed by atoms with Crippen LogP contribution in [0, 0.1) is 0 Å². The van der Waals surface area contributed by atoms with E-state index in [0.29, 0.717) is 6.04 Å². The van der Waals surface area contributed by atoms with E-state index in [-0.39, 0.29) is 0 Å². The molecule has 3 rings (SSSR count). The van der Waals surface area contributed by atoms with Gasteiger partial charge in [0.2, 0.25) is 0 Å². The van der Waals surface area contributed by atoms with Gasteiger partial charge in [0.1, 0.15) is 5.82 Å². The Kier molecular flexibility index (Phi) is 7.25. The van der Waals surface area contributed by atoms with E-state index in [4.69, 9.17) is 0 Å². The summed E-state index contributed by atoms with van der Waals surface area (Å²) in [5.41, 5.74) is 1.36. The van der Waals surface area contributed by atoms with Crippen LogP contribution >= 0.6 is 0 Å². The van der Waals surface area contributed by atoms with Crippen LogP contribution in [0.25, 0.3) is 0 Å². The van der Waals surface area contributed by atoms with Crippen molar-refractivity contribution in [1.29, 1.82) is 0 Å². The van der Waals surface area contributed by atoms with Gasteiger partial charge in [-0.05, 0) is 38.2 Å².